The highest BCUT2D eigenvalue weighted by atomic mass is 79.9. The number of aliphatic hydroxyl groups excluding tert-OH is 1. The largest absolute Gasteiger partial charge is 0.496 e. The topological polar surface area (TPSA) is 29.5 Å². The average molecular weight is 325 g/mol. The number of ether oxygens (including phenoxy) is 1. The van der Waals surface area contributed by atoms with Gasteiger partial charge in [0.1, 0.15) is 17.7 Å². The molecule has 0 saturated heterocycles. The van der Waals surface area contributed by atoms with Gasteiger partial charge in [-0.1, -0.05) is 34.1 Å². The van der Waals surface area contributed by atoms with Crippen molar-refractivity contribution in [2.45, 2.75) is 13.0 Å². The Labute approximate surface area is 120 Å². The number of rotatable bonds is 3. The minimum Gasteiger partial charge on any atom is -0.496 e. The van der Waals surface area contributed by atoms with Crippen LogP contribution in [-0.4, -0.2) is 12.2 Å². The number of aliphatic hydroxyl groups is 1. The second kappa shape index (κ2) is 5.72. The molecule has 0 amide bonds. The van der Waals surface area contributed by atoms with E-state index in [2.05, 4.69) is 15.9 Å². The lowest BCUT2D eigenvalue weighted by molar-refractivity contribution is 0.209. The standard InChI is InChI=1S/C15H14BrFO2/c1-9-4-3-5-11(14(9)17)15(18)12-8-10(16)6-7-13(12)19-2/h3-8,15,18H,1-2H3. The summed E-state index contributed by atoms with van der Waals surface area (Å²) in [6, 6.07) is 10.2. The van der Waals surface area contributed by atoms with Gasteiger partial charge in [0, 0.05) is 15.6 Å². The lowest BCUT2D eigenvalue weighted by Gasteiger charge is -2.17. The maximum atomic E-state index is 14.1. The molecule has 0 aliphatic carbocycles. The molecule has 0 radical (unpaired) electrons. The average Bonchev–Trinajstić information content (AvgIpc) is 2.41. The molecular formula is C15H14BrFO2. The first-order valence-electron chi connectivity index (χ1n) is 5.81. The van der Waals surface area contributed by atoms with Crippen molar-refractivity contribution in [1.82, 2.24) is 0 Å². The SMILES string of the molecule is COc1ccc(Br)cc1C(O)c1cccc(C)c1F. The van der Waals surface area contributed by atoms with E-state index in [1.54, 1.807) is 37.3 Å². The number of hydrogen-bond acceptors (Lipinski definition) is 2. The summed E-state index contributed by atoms with van der Waals surface area (Å²) in [5.74, 6) is 0.133. The Kier molecular flexibility index (Phi) is 4.22. The third-order valence-electron chi connectivity index (χ3n) is 3.00. The summed E-state index contributed by atoms with van der Waals surface area (Å²) in [6.07, 6.45) is -1.06. The molecule has 2 nitrogen and oxygen atoms in total. The molecule has 0 bridgehead atoms. The minimum absolute atomic E-state index is 0.247. The van der Waals surface area contributed by atoms with Gasteiger partial charge in [0.2, 0.25) is 0 Å². The molecule has 2 aromatic rings. The van der Waals surface area contributed by atoms with Crippen molar-refractivity contribution in [2.24, 2.45) is 0 Å². The molecule has 2 aromatic carbocycles. The zero-order chi connectivity index (χ0) is 14.0. The molecule has 1 N–H and O–H groups in total. The molecule has 1 unspecified atom stereocenters. The van der Waals surface area contributed by atoms with Crippen molar-refractivity contribution in [3.63, 3.8) is 0 Å². The third-order valence-corrected chi connectivity index (χ3v) is 3.50. The van der Waals surface area contributed by atoms with Crippen LogP contribution in [0.15, 0.2) is 40.9 Å². The Morgan fingerprint density at radius 3 is 2.63 bits per heavy atom. The fraction of sp³-hybridized carbons (Fsp3) is 0.200. The van der Waals surface area contributed by atoms with Crippen LogP contribution in [0.5, 0.6) is 5.75 Å². The molecule has 0 spiro atoms. The summed E-state index contributed by atoms with van der Waals surface area (Å²) in [5.41, 5.74) is 1.28. The van der Waals surface area contributed by atoms with Gasteiger partial charge >= 0.3 is 0 Å². The van der Waals surface area contributed by atoms with E-state index < -0.39 is 11.9 Å². The van der Waals surface area contributed by atoms with E-state index in [9.17, 15) is 9.50 Å². The molecular weight excluding hydrogens is 311 g/mol. The highest BCUT2D eigenvalue weighted by Gasteiger charge is 2.19. The summed E-state index contributed by atoms with van der Waals surface area (Å²) in [6.45, 7) is 1.67. The number of aryl methyl sites for hydroxylation is 1. The minimum atomic E-state index is -1.06. The first-order chi connectivity index (χ1) is 9.04. The van der Waals surface area contributed by atoms with E-state index in [0.29, 0.717) is 16.9 Å². The third kappa shape index (κ3) is 2.80. The van der Waals surface area contributed by atoms with Crippen LogP contribution in [0.3, 0.4) is 0 Å². The fourth-order valence-electron chi connectivity index (χ4n) is 1.97. The lowest BCUT2D eigenvalue weighted by Crippen LogP contribution is -2.05. The summed E-state index contributed by atoms with van der Waals surface area (Å²) >= 11 is 3.34. The maximum Gasteiger partial charge on any atom is 0.132 e. The highest BCUT2D eigenvalue weighted by molar-refractivity contribution is 9.10. The fourth-order valence-corrected chi connectivity index (χ4v) is 2.35. The summed E-state index contributed by atoms with van der Waals surface area (Å²) in [5, 5.41) is 10.4. The van der Waals surface area contributed by atoms with Crippen LogP contribution < -0.4 is 4.74 Å². The van der Waals surface area contributed by atoms with Crippen LogP contribution in [-0.2, 0) is 0 Å². The smallest absolute Gasteiger partial charge is 0.132 e. The number of halogens is 2. The molecule has 4 heteroatoms. The van der Waals surface area contributed by atoms with Gasteiger partial charge in [-0.05, 0) is 30.7 Å². The number of hydrogen-bond donors (Lipinski definition) is 1. The molecule has 0 aliphatic rings. The Hall–Kier alpha value is -1.39. The van der Waals surface area contributed by atoms with Crippen molar-refractivity contribution in [2.75, 3.05) is 7.11 Å². The maximum absolute atomic E-state index is 14.1. The van der Waals surface area contributed by atoms with Crippen molar-refractivity contribution >= 4 is 15.9 Å². The van der Waals surface area contributed by atoms with E-state index in [1.807, 2.05) is 6.07 Å². The van der Waals surface area contributed by atoms with Gasteiger partial charge in [0.05, 0.1) is 7.11 Å². The van der Waals surface area contributed by atoms with Gasteiger partial charge in [-0.15, -0.1) is 0 Å². The Balaban J connectivity index is 2.52. The van der Waals surface area contributed by atoms with Crippen molar-refractivity contribution in [1.29, 1.82) is 0 Å². The van der Waals surface area contributed by atoms with Gasteiger partial charge in [-0.25, -0.2) is 4.39 Å². The molecule has 100 valence electrons. The molecule has 19 heavy (non-hydrogen) atoms. The molecule has 0 heterocycles. The first-order valence-corrected chi connectivity index (χ1v) is 6.60. The van der Waals surface area contributed by atoms with E-state index in [4.69, 9.17) is 4.74 Å². The van der Waals surface area contributed by atoms with E-state index in [-0.39, 0.29) is 5.56 Å². The van der Waals surface area contributed by atoms with Crippen molar-refractivity contribution < 1.29 is 14.2 Å². The first kappa shape index (κ1) is 14.0. The van der Waals surface area contributed by atoms with Crippen LogP contribution in [0.25, 0.3) is 0 Å². The van der Waals surface area contributed by atoms with Gasteiger partial charge in [0.15, 0.2) is 0 Å². The summed E-state index contributed by atoms with van der Waals surface area (Å²) in [4.78, 5) is 0. The number of methoxy groups -OCH3 is 1. The Morgan fingerprint density at radius 2 is 1.95 bits per heavy atom. The molecule has 0 saturated carbocycles. The van der Waals surface area contributed by atoms with Crippen molar-refractivity contribution in [3.8, 4) is 5.75 Å². The molecule has 0 aromatic heterocycles. The van der Waals surface area contributed by atoms with Gasteiger partial charge in [-0.3, -0.25) is 0 Å². The predicted octanol–water partition coefficient (Wildman–Crippen LogP) is 3.99. The van der Waals surface area contributed by atoms with Crippen LogP contribution in [0.4, 0.5) is 4.39 Å². The second-order valence-electron chi connectivity index (χ2n) is 4.27. The van der Waals surface area contributed by atoms with Gasteiger partial charge in [-0.2, -0.15) is 0 Å². The van der Waals surface area contributed by atoms with Gasteiger partial charge in [0.25, 0.3) is 0 Å². The zero-order valence-corrected chi connectivity index (χ0v) is 12.2. The monoisotopic (exact) mass is 324 g/mol. The van der Waals surface area contributed by atoms with Gasteiger partial charge < -0.3 is 9.84 Å². The van der Waals surface area contributed by atoms with Crippen LogP contribution >= 0.6 is 15.9 Å². The summed E-state index contributed by atoms with van der Waals surface area (Å²) < 4.78 is 20.1. The van der Waals surface area contributed by atoms with E-state index in [1.165, 1.54) is 7.11 Å². The summed E-state index contributed by atoms with van der Waals surface area (Å²) in [7, 11) is 1.52. The Bertz CT molecular complexity index is 599. The predicted molar refractivity (Wildman–Crippen MR) is 75.9 cm³/mol. The number of benzene rings is 2. The van der Waals surface area contributed by atoms with Crippen LogP contribution in [0.1, 0.15) is 22.8 Å². The van der Waals surface area contributed by atoms with Crippen LogP contribution in [0, 0.1) is 12.7 Å². The molecule has 1 atom stereocenters. The quantitative estimate of drug-likeness (QED) is 0.925. The molecule has 0 fully saturated rings. The van der Waals surface area contributed by atoms with Crippen molar-refractivity contribution in [3.05, 3.63) is 63.4 Å². The zero-order valence-electron chi connectivity index (χ0n) is 10.7. The van der Waals surface area contributed by atoms with E-state index in [0.717, 1.165) is 4.47 Å². The molecule has 0 aliphatic heterocycles. The van der Waals surface area contributed by atoms with E-state index >= 15 is 0 Å². The second-order valence-corrected chi connectivity index (χ2v) is 5.18. The molecule has 2 rings (SSSR count). The normalized spacial score (nSPS) is 12.3. The Morgan fingerprint density at radius 1 is 1.21 bits per heavy atom. The highest BCUT2D eigenvalue weighted by Crippen LogP contribution is 2.33. The lowest BCUT2D eigenvalue weighted by atomic mass is 9.98. The van der Waals surface area contributed by atoms with Crippen LogP contribution in [0.2, 0.25) is 0 Å².